The topological polar surface area (TPSA) is 89.3 Å². The molecule has 0 unspecified atom stereocenters. The second-order valence-corrected chi connectivity index (χ2v) is 6.67. The van der Waals surface area contributed by atoms with Crippen LogP contribution >= 0.6 is 11.6 Å². The van der Waals surface area contributed by atoms with Crippen molar-refractivity contribution in [3.63, 3.8) is 0 Å². The van der Waals surface area contributed by atoms with E-state index in [0.717, 1.165) is 36.4 Å². The molecule has 0 bridgehead atoms. The summed E-state index contributed by atoms with van der Waals surface area (Å²) in [5, 5.41) is 10.5. The van der Waals surface area contributed by atoms with Crippen LogP contribution < -0.4 is 4.72 Å². The van der Waals surface area contributed by atoms with Gasteiger partial charge in [0.1, 0.15) is 0 Å². The monoisotopic (exact) mass is 380 g/mol. The van der Waals surface area contributed by atoms with E-state index in [0.29, 0.717) is 6.07 Å². The fourth-order valence-corrected chi connectivity index (χ4v) is 3.10. The predicted octanol–water partition coefficient (Wildman–Crippen LogP) is 4.07. The van der Waals surface area contributed by atoms with E-state index >= 15 is 0 Å². The van der Waals surface area contributed by atoms with Crippen LogP contribution in [0, 0.1) is 10.1 Å². The number of nitro benzene ring substituents is 1. The maximum absolute atomic E-state index is 13.0. The largest absolute Gasteiger partial charge is 0.418 e. The Morgan fingerprint density at radius 3 is 2.38 bits per heavy atom. The lowest BCUT2D eigenvalue weighted by Crippen LogP contribution is -2.17. The molecule has 0 heterocycles. The predicted molar refractivity (Wildman–Crippen MR) is 80.4 cm³/mol. The third kappa shape index (κ3) is 3.95. The van der Waals surface area contributed by atoms with E-state index < -0.39 is 43.0 Å². The Hall–Kier alpha value is -2.33. The van der Waals surface area contributed by atoms with E-state index in [1.165, 1.54) is 0 Å². The van der Waals surface area contributed by atoms with Crippen molar-refractivity contribution in [1.29, 1.82) is 0 Å². The number of non-ortho nitro benzene ring substituents is 1. The summed E-state index contributed by atoms with van der Waals surface area (Å²) in [6.07, 6.45) is -4.84. The van der Waals surface area contributed by atoms with Crippen molar-refractivity contribution in [2.75, 3.05) is 4.72 Å². The van der Waals surface area contributed by atoms with E-state index in [1.807, 2.05) is 0 Å². The Kier molecular flexibility index (Phi) is 4.72. The van der Waals surface area contributed by atoms with Crippen molar-refractivity contribution in [3.05, 3.63) is 63.2 Å². The summed E-state index contributed by atoms with van der Waals surface area (Å²) in [5.74, 6) is 0. The molecule has 0 saturated carbocycles. The molecule has 11 heteroatoms. The molecule has 1 N–H and O–H groups in total. The molecule has 0 aliphatic heterocycles. The first-order chi connectivity index (χ1) is 11.0. The summed E-state index contributed by atoms with van der Waals surface area (Å²) < 4.78 is 65.2. The summed E-state index contributed by atoms with van der Waals surface area (Å²) >= 11 is 5.51. The third-order valence-electron chi connectivity index (χ3n) is 2.87. The molecular formula is C13H8ClF3N2O4S. The van der Waals surface area contributed by atoms with Gasteiger partial charge in [-0.3, -0.25) is 14.8 Å². The zero-order valence-electron chi connectivity index (χ0n) is 11.5. The zero-order valence-corrected chi connectivity index (χ0v) is 13.1. The Morgan fingerprint density at radius 1 is 1.12 bits per heavy atom. The lowest BCUT2D eigenvalue weighted by Gasteiger charge is -2.15. The standard InChI is InChI=1S/C13H8ClF3N2O4S/c14-8-4-5-12(11(6-8)13(15,16)17)18-24(22,23)10-3-1-2-9(7-10)19(20)21/h1-7,18H. The number of hydrogen-bond donors (Lipinski definition) is 1. The fraction of sp³-hybridized carbons (Fsp3) is 0.0769. The zero-order chi connectivity index (χ0) is 18.1. The van der Waals surface area contributed by atoms with Gasteiger partial charge in [0.2, 0.25) is 0 Å². The minimum Gasteiger partial charge on any atom is -0.279 e. The van der Waals surface area contributed by atoms with Crippen LogP contribution in [0.3, 0.4) is 0 Å². The molecule has 0 saturated heterocycles. The molecule has 0 aliphatic rings. The number of benzene rings is 2. The average molecular weight is 381 g/mol. The second-order valence-electron chi connectivity index (χ2n) is 4.55. The van der Waals surface area contributed by atoms with Crippen LogP contribution in [0.2, 0.25) is 5.02 Å². The normalized spacial score (nSPS) is 12.0. The molecule has 128 valence electrons. The van der Waals surface area contributed by atoms with Gasteiger partial charge in [-0.05, 0) is 24.3 Å². The lowest BCUT2D eigenvalue weighted by molar-refractivity contribution is -0.385. The molecule has 2 aromatic carbocycles. The molecule has 2 aromatic rings. The van der Waals surface area contributed by atoms with Gasteiger partial charge in [-0.1, -0.05) is 17.7 Å². The molecule has 0 radical (unpaired) electrons. The van der Waals surface area contributed by atoms with Gasteiger partial charge in [0.05, 0.1) is 21.1 Å². The molecule has 0 amide bonds. The van der Waals surface area contributed by atoms with Gasteiger partial charge in [0.15, 0.2) is 0 Å². The van der Waals surface area contributed by atoms with Gasteiger partial charge in [-0.2, -0.15) is 13.2 Å². The highest BCUT2D eigenvalue weighted by molar-refractivity contribution is 7.92. The Bertz CT molecular complexity index is 900. The molecular weight excluding hydrogens is 373 g/mol. The second kappa shape index (κ2) is 6.29. The van der Waals surface area contributed by atoms with Crippen LogP contribution in [0.4, 0.5) is 24.5 Å². The lowest BCUT2D eigenvalue weighted by atomic mass is 10.2. The summed E-state index contributed by atoms with van der Waals surface area (Å²) in [6, 6.07) is 6.46. The van der Waals surface area contributed by atoms with Crippen molar-refractivity contribution in [2.45, 2.75) is 11.1 Å². The molecule has 6 nitrogen and oxygen atoms in total. The molecule has 0 aromatic heterocycles. The van der Waals surface area contributed by atoms with Gasteiger partial charge in [-0.15, -0.1) is 0 Å². The van der Waals surface area contributed by atoms with E-state index in [1.54, 1.807) is 4.72 Å². The third-order valence-corrected chi connectivity index (χ3v) is 4.47. The van der Waals surface area contributed by atoms with Crippen molar-refractivity contribution in [2.24, 2.45) is 0 Å². The van der Waals surface area contributed by atoms with Gasteiger partial charge in [0.25, 0.3) is 15.7 Å². The maximum atomic E-state index is 13.0. The first-order valence-corrected chi connectivity index (χ1v) is 8.01. The van der Waals surface area contributed by atoms with E-state index in [-0.39, 0.29) is 5.02 Å². The van der Waals surface area contributed by atoms with E-state index in [4.69, 9.17) is 11.6 Å². The van der Waals surface area contributed by atoms with Gasteiger partial charge < -0.3 is 0 Å². The number of sulfonamides is 1. The molecule has 0 fully saturated rings. The number of anilines is 1. The summed E-state index contributed by atoms with van der Waals surface area (Å²) in [4.78, 5) is 9.33. The van der Waals surface area contributed by atoms with Crippen LogP contribution in [-0.2, 0) is 16.2 Å². The molecule has 0 atom stereocenters. The van der Waals surface area contributed by atoms with Crippen LogP contribution in [0.15, 0.2) is 47.4 Å². The first kappa shape index (κ1) is 18.0. The number of nitrogens with one attached hydrogen (secondary N) is 1. The van der Waals surface area contributed by atoms with Crippen LogP contribution in [0.1, 0.15) is 5.56 Å². The smallest absolute Gasteiger partial charge is 0.279 e. The van der Waals surface area contributed by atoms with Crippen molar-refractivity contribution in [3.8, 4) is 0 Å². The minimum atomic E-state index is -4.84. The molecule has 0 aliphatic carbocycles. The van der Waals surface area contributed by atoms with Crippen LogP contribution in [-0.4, -0.2) is 13.3 Å². The number of nitrogens with zero attached hydrogens (tertiary/aromatic N) is 1. The van der Waals surface area contributed by atoms with Crippen molar-refractivity contribution < 1.29 is 26.5 Å². The maximum Gasteiger partial charge on any atom is 0.418 e. The SMILES string of the molecule is O=[N+]([O-])c1cccc(S(=O)(=O)Nc2ccc(Cl)cc2C(F)(F)F)c1. The molecule has 0 spiro atoms. The number of hydrogen-bond acceptors (Lipinski definition) is 4. The van der Waals surface area contributed by atoms with Crippen LogP contribution in [0.5, 0.6) is 0 Å². The van der Waals surface area contributed by atoms with Crippen molar-refractivity contribution in [1.82, 2.24) is 0 Å². The Morgan fingerprint density at radius 2 is 1.79 bits per heavy atom. The Labute approximate surface area is 139 Å². The first-order valence-electron chi connectivity index (χ1n) is 6.15. The Balaban J connectivity index is 2.47. The highest BCUT2D eigenvalue weighted by atomic mass is 35.5. The van der Waals surface area contributed by atoms with Gasteiger partial charge in [-0.25, -0.2) is 8.42 Å². The molecule has 24 heavy (non-hydrogen) atoms. The van der Waals surface area contributed by atoms with Crippen LogP contribution in [0.25, 0.3) is 0 Å². The average Bonchev–Trinajstić information content (AvgIpc) is 2.48. The van der Waals surface area contributed by atoms with Gasteiger partial charge >= 0.3 is 6.18 Å². The summed E-state index contributed by atoms with van der Waals surface area (Å²) in [5.41, 5.74) is -2.52. The highest BCUT2D eigenvalue weighted by Gasteiger charge is 2.35. The number of alkyl halides is 3. The summed E-state index contributed by atoms with van der Waals surface area (Å²) in [6.45, 7) is 0. The van der Waals surface area contributed by atoms with E-state index in [9.17, 15) is 31.7 Å². The van der Waals surface area contributed by atoms with E-state index in [2.05, 4.69) is 0 Å². The number of halogens is 4. The van der Waals surface area contributed by atoms with Gasteiger partial charge in [0, 0.05) is 17.2 Å². The number of rotatable bonds is 4. The number of nitro groups is 1. The quantitative estimate of drug-likeness (QED) is 0.639. The summed E-state index contributed by atoms with van der Waals surface area (Å²) in [7, 11) is -4.46. The van der Waals surface area contributed by atoms with Crippen molar-refractivity contribution >= 4 is 33.0 Å². The minimum absolute atomic E-state index is 0.222. The molecule has 2 rings (SSSR count). The highest BCUT2D eigenvalue weighted by Crippen LogP contribution is 2.37. The fourth-order valence-electron chi connectivity index (χ4n) is 1.81.